The summed E-state index contributed by atoms with van der Waals surface area (Å²) in [6, 6.07) is 0. The van der Waals surface area contributed by atoms with Crippen molar-refractivity contribution in [3.05, 3.63) is 11.4 Å². The van der Waals surface area contributed by atoms with Gasteiger partial charge in [-0.2, -0.15) is 0 Å². The molecule has 18 heavy (non-hydrogen) atoms. The Kier molecular flexibility index (Phi) is 4.43. The van der Waals surface area contributed by atoms with Crippen LogP contribution < -0.4 is 5.43 Å². The van der Waals surface area contributed by atoms with E-state index in [9.17, 15) is 0 Å². The molecule has 0 radical (unpaired) electrons. The molecule has 0 spiro atoms. The summed E-state index contributed by atoms with van der Waals surface area (Å²) >= 11 is 0. The van der Waals surface area contributed by atoms with Crippen molar-refractivity contribution in [1.29, 1.82) is 0 Å². The third-order valence-electron chi connectivity index (χ3n) is 3.27. The second kappa shape index (κ2) is 6.06. The molecule has 0 aliphatic carbocycles. The van der Waals surface area contributed by atoms with E-state index in [1.807, 2.05) is 0 Å². The fourth-order valence-corrected chi connectivity index (χ4v) is 2.05. The van der Waals surface area contributed by atoms with Crippen LogP contribution in [0.5, 0.6) is 0 Å². The number of anilines is 1. The lowest BCUT2D eigenvalue weighted by Gasteiger charge is -2.32. The van der Waals surface area contributed by atoms with Crippen molar-refractivity contribution in [2.75, 3.05) is 38.7 Å². The molecule has 0 amide bonds. The molecule has 0 aromatic carbocycles. The number of nitrogens with zero attached hydrogens (tertiary/aromatic N) is 5. The second-order valence-corrected chi connectivity index (χ2v) is 4.64. The minimum atomic E-state index is 0.619. The highest BCUT2D eigenvalue weighted by atomic mass is 15.6. The molecule has 0 unspecified atom stereocenters. The molecule has 0 atom stereocenters. The van der Waals surface area contributed by atoms with Crippen LogP contribution in [0.2, 0.25) is 0 Å². The summed E-state index contributed by atoms with van der Waals surface area (Å²) < 4.78 is 0. The molecule has 2 rings (SSSR count). The Labute approximate surface area is 108 Å². The normalized spacial score (nSPS) is 17.9. The predicted octanol–water partition coefficient (Wildman–Crippen LogP) is 0.571. The van der Waals surface area contributed by atoms with Gasteiger partial charge in [-0.1, -0.05) is 13.8 Å². The molecule has 1 fully saturated rings. The van der Waals surface area contributed by atoms with E-state index < -0.39 is 0 Å². The molecule has 1 aromatic heterocycles. The summed E-state index contributed by atoms with van der Waals surface area (Å²) in [6.45, 7) is 8.27. The Bertz CT molecular complexity index is 386. The van der Waals surface area contributed by atoms with Crippen molar-refractivity contribution in [2.45, 2.75) is 26.7 Å². The lowest BCUT2D eigenvalue weighted by atomic mass is 10.2. The Morgan fingerprint density at radius 2 is 1.67 bits per heavy atom. The highest BCUT2D eigenvalue weighted by Crippen LogP contribution is 2.08. The van der Waals surface area contributed by atoms with Gasteiger partial charge in [-0.3, -0.25) is 5.43 Å². The molecule has 6 heteroatoms. The fraction of sp³-hybridized carbons (Fsp3) is 0.750. The number of aromatic nitrogens is 3. The zero-order valence-electron chi connectivity index (χ0n) is 11.5. The van der Waals surface area contributed by atoms with Crippen molar-refractivity contribution in [1.82, 2.24) is 25.1 Å². The molecule has 6 nitrogen and oxygen atoms in total. The van der Waals surface area contributed by atoms with Gasteiger partial charge in [0.1, 0.15) is 0 Å². The SMILES string of the molecule is CCc1nnc(NN2CCN(C)CC2)nc1CC. The number of nitrogens with one attached hydrogen (secondary N) is 1. The molecule has 1 aromatic rings. The third-order valence-corrected chi connectivity index (χ3v) is 3.27. The van der Waals surface area contributed by atoms with Gasteiger partial charge in [0.05, 0.1) is 11.4 Å². The van der Waals surface area contributed by atoms with Gasteiger partial charge in [-0.15, -0.1) is 10.2 Å². The first kappa shape index (κ1) is 13.2. The number of rotatable bonds is 4. The van der Waals surface area contributed by atoms with Crippen LogP contribution in [0.15, 0.2) is 0 Å². The lowest BCUT2D eigenvalue weighted by Crippen LogP contribution is -2.47. The largest absolute Gasteiger partial charge is 0.304 e. The van der Waals surface area contributed by atoms with Crippen molar-refractivity contribution >= 4 is 5.95 Å². The van der Waals surface area contributed by atoms with Crippen LogP contribution in [0.4, 0.5) is 5.95 Å². The Hall–Kier alpha value is -1.27. The Morgan fingerprint density at radius 3 is 2.28 bits per heavy atom. The summed E-state index contributed by atoms with van der Waals surface area (Å²) in [7, 11) is 2.14. The van der Waals surface area contributed by atoms with Crippen molar-refractivity contribution in [3.8, 4) is 0 Å². The highest BCUT2D eigenvalue weighted by molar-refractivity contribution is 5.24. The average Bonchev–Trinajstić information content (AvgIpc) is 2.41. The summed E-state index contributed by atoms with van der Waals surface area (Å²) in [5, 5.41) is 10.5. The molecule has 1 N–H and O–H groups in total. The van der Waals surface area contributed by atoms with Gasteiger partial charge in [0, 0.05) is 26.2 Å². The van der Waals surface area contributed by atoms with Crippen LogP contribution in [0.1, 0.15) is 25.2 Å². The topological polar surface area (TPSA) is 57.2 Å². The quantitative estimate of drug-likeness (QED) is 0.843. The number of aryl methyl sites for hydroxylation is 2. The minimum absolute atomic E-state index is 0.619. The van der Waals surface area contributed by atoms with E-state index in [4.69, 9.17) is 0 Å². The van der Waals surface area contributed by atoms with E-state index in [1.165, 1.54) is 0 Å². The third kappa shape index (κ3) is 3.14. The number of likely N-dealkylation sites (N-methyl/N-ethyl adjacent to an activating group) is 1. The number of piperazine rings is 1. The summed E-state index contributed by atoms with van der Waals surface area (Å²) in [5.74, 6) is 0.619. The molecule has 2 heterocycles. The highest BCUT2D eigenvalue weighted by Gasteiger charge is 2.15. The van der Waals surface area contributed by atoms with Crippen LogP contribution in [-0.2, 0) is 12.8 Å². The van der Waals surface area contributed by atoms with Crippen molar-refractivity contribution in [3.63, 3.8) is 0 Å². The van der Waals surface area contributed by atoms with Crippen LogP contribution in [-0.4, -0.2) is 58.3 Å². The van der Waals surface area contributed by atoms with Gasteiger partial charge in [0.25, 0.3) is 5.95 Å². The first-order valence-electron chi connectivity index (χ1n) is 6.65. The zero-order valence-corrected chi connectivity index (χ0v) is 11.5. The molecular formula is C12H22N6. The van der Waals surface area contributed by atoms with Crippen LogP contribution in [0, 0.1) is 0 Å². The summed E-state index contributed by atoms with van der Waals surface area (Å²) in [5.41, 5.74) is 5.30. The van der Waals surface area contributed by atoms with Gasteiger partial charge in [0.2, 0.25) is 0 Å². The van der Waals surface area contributed by atoms with E-state index in [0.29, 0.717) is 5.95 Å². The molecule has 1 aliphatic rings. The number of hydrazine groups is 1. The second-order valence-electron chi connectivity index (χ2n) is 4.64. The predicted molar refractivity (Wildman–Crippen MR) is 71.3 cm³/mol. The smallest absolute Gasteiger partial charge is 0.257 e. The fourth-order valence-electron chi connectivity index (χ4n) is 2.05. The van der Waals surface area contributed by atoms with E-state index in [2.05, 4.69) is 51.4 Å². The molecule has 0 bridgehead atoms. The van der Waals surface area contributed by atoms with Crippen LogP contribution in [0.3, 0.4) is 0 Å². The van der Waals surface area contributed by atoms with E-state index in [1.54, 1.807) is 0 Å². The van der Waals surface area contributed by atoms with Crippen molar-refractivity contribution in [2.24, 2.45) is 0 Å². The van der Waals surface area contributed by atoms with E-state index in [-0.39, 0.29) is 0 Å². The Balaban J connectivity index is 2.01. The molecule has 100 valence electrons. The molecule has 1 aliphatic heterocycles. The van der Waals surface area contributed by atoms with Gasteiger partial charge in [-0.05, 0) is 19.9 Å². The van der Waals surface area contributed by atoms with Gasteiger partial charge < -0.3 is 4.90 Å². The standard InChI is InChI=1S/C12H22N6/c1-4-10-11(5-2)14-15-12(13-10)16-18-8-6-17(3)7-9-18/h4-9H2,1-3H3,(H,13,15,16). The number of hydrogen-bond acceptors (Lipinski definition) is 6. The van der Waals surface area contributed by atoms with Crippen molar-refractivity contribution < 1.29 is 0 Å². The molecule has 1 saturated heterocycles. The summed E-state index contributed by atoms with van der Waals surface area (Å²) in [4.78, 5) is 6.85. The van der Waals surface area contributed by atoms with Gasteiger partial charge in [-0.25, -0.2) is 9.99 Å². The van der Waals surface area contributed by atoms with Gasteiger partial charge in [0.15, 0.2) is 0 Å². The first-order chi connectivity index (χ1) is 8.72. The van der Waals surface area contributed by atoms with E-state index >= 15 is 0 Å². The van der Waals surface area contributed by atoms with Crippen LogP contribution >= 0.6 is 0 Å². The maximum Gasteiger partial charge on any atom is 0.257 e. The van der Waals surface area contributed by atoms with Crippen LogP contribution in [0.25, 0.3) is 0 Å². The Morgan fingerprint density at radius 1 is 1.00 bits per heavy atom. The maximum atomic E-state index is 4.54. The van der Waals surface area contributed by atoms with E-state index in [0.717, 1.165) is 50.4 Å². The number of hydrogen-bond donors (Lipinski definition) is 1. The first-order valence-corrected chi connectivity index (χ1v) is 6.65. The monoisotopic (exact) mass is 250 g/mol. The lowest BCUT2D eigenvalue weighted by molar-refractivity contribution is 0.178. The maximum absolute atomic E-state index is 4.54. The minimum Gasteiger partial charge on any atom is -0.304 e. The zero-order chi connectivity index (χ0) is 13.0. The van der Waals surface area contributed by atoms with Gasteiger partial charge >= 0.3 is 0 Å². The molecule has 0 saturated carbocycles. The average molecular weight is 250 g/mol. The summed E-state index contributed by atoms with van der Waals surface area (Å²) in [6.07, 6.45) is 1.79. The molecular weight excluding hydrogens is 228 g/mol.